The molecule has 3 rings (SSSR count). The monoisotopic (exact) mass is 398 g/mol. The van der Waals surface area contributed by atoms with E-state index in [4.69, 9.17) is 23.7 Å². The van der Waals surface area contributed by atoms with Gasteiger partial charge in [-0.1, -0.05) is 18.2 Å². The Morgan fingerprint density at radius 3 is 2.07 bits per heavy atom. The van der Waals surface area contributed by atoms with E-state index in [2.05, 4.69) is 0 Å². The van der Waals surface area contributed by atoms with Crippen molar-refractivity contribution >= 4 is 5.78 Å². The van der Waals surface area contributed by atoms with Crippen molar-refractivity contribution in [2.24, 2.45) is 0 Å². The Balaban J connectivity index is 2.13. The van der Waals surface area contributed by atoms with Gasteiger partial charge < -0.3 is 23.7 Å². The zero-order valence-electron chi connectivity index (χ0n) is 17.3. The molecule has 29 heavy (non-hydrogen) atoms. The maximum atomic E-state index is 12.1. The van der Waals surface area contributed by atoms with E-state index in [1.165, 1.54) is 6.92 Å². The Hall–Kier alpha value is -2.99. The molecule has 0 fully saturated rings. The lowest BCUT2D eigenvalue weighted by Crippen LogP contribution is -2.33. The quantitative estimate of drug-likeness (QED) is 0.701. The van der Waals surface area contributed by atoms with Gasteiger partial charge in [-0.05, 0) is 41.5 Å². The predicted molar refractivity (Wildman–Crippen MR) is 109 cm³/mol. The van der Waals surface area contributed by atoms with Gasteiger partial charge in [0.15, 0.2) is 23.0 Å². The summed E-state index contributed by atoms with van der Waals surface area (Å²) in [5.74, 6) is 1.84. The second kappa shape index (κ2) is 9.01. The highest BCUT2D eigenvalue weighted by Gasteiger charge is 2.38. The standard InChI is InChI=1S/C23H26O6/c1-14(24)20-13-18(16-8-11-19(26-3)21(12-16)27-4)22(23(28-5)29-20)15-6-9-17(25-2)10-7-15/h6-13,18,22-23H,1-5H3. The number of carbonyl (C=O) groups excluding carboxylic acids is 1. The largest absolute Gasteiger partial charge is 0.497 e. The molecule has 1 heterocycles. The van der Waals surface area contributed by atoms with Gasteiger partial charge in [-0.3, -0.25) is 4.79 Å². The first-order valence-corrected chi connectivity index (χ1v) is 9.30. The molecule has 0 amide bonds. The van der Waals surface area contributed by atoms with Crippen LogP contribution in [0, 0.1) is 0 Å². The summed E-state index contributed by atoms with van der Waals surface area (Å²) in [5, 5.41) is 0. The van der Waals surface area contributed by atoms with Crippen LogP contribution in [-0.2, 0) is 14.3 Å². The van der Waals surface area contributed by atoms with E-state index in [1.807, 2.05) is 48.5 Å². The van der Waals surface area contributed by atoms with E-state index < -0.39 is 6.29 Å². The van der Waals surface area contributed by atoms with Crippen LogP contribution in [0.25, 0.3) is 0 Å². The lowest BCUT2D eigenvalue weighted by molar-refractivity contribution is -0.140. The minimum atomic E-state index is -0.620. The Labute approximate surface area is 171 Å². The number of methoxy groups -OCH3 is 4. The molecule has 2 aromatic carbocycles. The van der Waals surface area contributed by atoms with Crippen LogP contribution in [0.1, 0.15) is 29.9 Å². The first-order chi connectivity index (χ1) is 14.0. The average Bonchev–Trinajstić information content (AvgIpc) is 2.77. The Morgan fingerprint density at radius 1 is 0.862 bits per heavy atom. The van der Waals surface area contributed by atoms with Crippen LogP contribution in [0.15, 0.2) is 54.3 Å². The molecule has 1 aliphatic rings. The van der Waals surface area contributed by atoms with Crippen molar-refractivity contribution in [2.75, 3.05) is 28.4 Å². The predicted octanol–water partition coefficient (Wildman–Crippen LogP) is 4.06. The number of rotatable bonds is 7. The van der Waals surface area contributed by atoms with Gasteiger partial charge in [-0.2, -0.15) is 0 Å². The van der Waals surface area contributed by atoms with Gasteiger partial charge in [0.1, 0.15) is 5.75 Å². The molecule has 0 saturated heterocycles. The van der Waals surface area contributed by atoms with Crippen LogP contribution >= 0.6 is 0 Å². The van der Waals surface area contributed by atoms with Crippen LogP contribution in [0.5, 0.6) is 17.2 Å². The Bertz CT molecular complexity index is 887. The molecule has 0 saturated carbocycles. The third-order valence-electron chi connectivity index (χ3n) is 5.13. The minimum absolute atomic E-state index is 0.147. The molecule has 0 aromatic heterocycles. The minimum Gasteiger partial charge on any atom is -0.497 e. The molecule has 0 spiro atoms. The normalized spacial score (nSPS) is 21.0. The van der Waals surface area contributed by atoms with Gasteiger partial charge in [-0.15, -0.1) is 0 Å². The lowest BCUT2D eigenvalue weighted by Gasteiger charge is -2.36. The average molecular weight is 398 g/mol. The summed E-state index contributed by atoms with van der Waals surface area (Å²) < 4.78 is 27.6. The molecule has 0 bridgehead atoms. The van der Waals surface area contributed by atoms with Gasteiger partial charge in [0.05, 0.1) is 27.2 Å². The summed E-state index contributed by atoms with van der Waals surface area (Å²) in [4.78, 5) is 12.1. The third-order valence-corrected chi connectivity index (χ3v) is 5.13. The molecule has 6 heteroatoms. The molecular formula is C23H26O6. The van der Waals surface area contributed by atoms with Crippen molar-refractivity contribution in [3.63, 3.8) is 0 Å². The van der Waals surface area contributed by atoms with Crippen molar-refractivity contribution in [3.8, 4) is 17.2 Å². The molecular weight excluding hydrogens is 372 g/mol. The van der Waals surface area contributed by atoms with E-state index in [0.29, 0.717) is 17.3 Å². The summed E-state index contributed by atoms with van der Waals surface area (Å²) in [6, 6.07) is 13.5. The Morgan fingerprint density at radius 2 is 1.52 bits per heavy atom. The second-order valence-electron chi connectivity index (χ2n) is 6.75. The molecule has 2 aromatic rings. The van der Waals surface area contributed by atoms with Crippen LogP contribution in [0.3, 0.4) is 0 Å². The molecule has 6 nitrogen and oxygen atoms in total. The topological polar surface area (TPSA) is 63.2 Å². The number of ether oxygens (including phenoxy) is 5. The van der Waals surface area contributed by atoms with Gasteiger partial charge in [-0.25, -0.2) is 0 Å². The first kappa shape index (κ1) is 20.7. The second-order valence-corrected chi connectivity index (χ2v) is 6.75. The van der Waals surface area contributed by atoms with Gasteiger partial charge in [0, 0.05) is 20.0 Å². The Kier molecular flexibility index (Phi) is 6.44. The highest BCUT2D eigenvalue weighted by atomic mass is 16.7. The van der Waals surface area contributed by atoms with Crippen molar-refractivity contribution in [1.82, 2.24) is 0 Å². The fraction of sp³-hybridized carbons (Fsp3) is 0.348. The van der Waals surface area contributed by atoms with E-state index in [0.717, 1.165) is 16.9 Å². The van der Waals surface area contributed by atoms with Crippen molar-refractivity contribution in [2.45, 2.75) is 25.0 Å². The molecule has 154 valence electrons. The van der Waals surface area contributed by atoms with E-state index in [9.17, 15) is 4.79 Å². The zero-order valence-corrected chi connectivity index (χ0v) is 17.3. The van der Waals surface area contributed by atoms with Crippen LogP contribution in [0.2, 0.25) is 0 Å². The molecule has 0 radical (unpaired) electrons. The SMILES string of the molecule is COc1ccc(C2C(OC)OC(C(C)=O)=CC2c2ccc(OC)c(OC)c2)cc1. The highest BCUT2D eigenvalue weighted by molar-refractivity contribution is 5.91. The van der Waals surface area contributed by atoms with Crippen molar-refractivity contribution in [3.05, 3.63) is 65.4 Å². The molecule has 0 aliphatic carbocycles. The van der Waals surface area contributed by atoms with E-state index in [-0.39, 0.29) is 17.6 Å². The zero-order chi connectivity index (χ0) is 21.0. The molecule has 3 atom stereocenters. The van der Waals surface area contributed by atoms with Gasteiger partial charge >= 0.3 is 0 Å². The number of ketones is 1. The molecule has 1 aliphatic heterocycles. The summed E-state index contributed by atoms with van der Waals surface area (Å²) in [5.41, 5.74) is 1.98. The summed E-state index contributed by atoms with van der Waals surface area (Å²) in [7, 11) is 6.41. The number of hydrogen-bond donors (Lipinski definition) is 0. The lowest BCUT2D eigenvalue weighted by atomic mass is 9.78. The first-order valence-electron chi connectivity index (χ1n) is 9.30. The molecule has 0 N–H and O–H groups in total. The number of hydrogen-bond acceptors (Lipinski definition) is 6. The van der Waals surface area contributed by atoms with E-state index in [1.54, 1.807) is 28.4 Å². The fourth-order valence-corrected chi connectivity index (χ4v) is 3.62. The summed E-state index contributed by atoms with van der Waals surface area (Å²) in [6.45, 7) is 1.48. The van der Waals surface area contributed by atoms with Crippen LogP contribution in [0.4, 0.5) is 0 Å². The number of benzene rings is 2. The van der Waals surface area contributed by atoms with Crippen LogP contribution in [-0.4, -0.2) is 40.5 Å². The van der Waals surface area contributed by atoms with Crippen molar-refractivity contribution < 1.29 is 28.5 Å². The number of carbonyl (C=O) groups is 1. The van der Waals surface area contributed by atoms with Crippen molar-refractivity contribution in [1.29, 1.82) is 0 Å². The molecule has 3 unspecified atom stereocenters. The van der Waals surface area contributed by atoms with Crippen LogP contribution < -0.4 is 14.2 Å². The van der Waals surface area contributed by atoms with E-state index >= 15 is 0 Å². The smallest absolute Gasteiger partial charge is 0.207 e. The highest BCUT2D eigenvalue weighted by Crippen LogP contribution is 2.45. The third kappa shape index (κ3) is 4.22. The number of allylic oxidation sites excluding steroid dienone is 2. The number of Topliss-reactive ketones (excluding diaryl/α,β-unsaturated/α-hetero) is 1. The maximum Gasteiger partial charge on any atom is 0.207 e. The van der Waals surface area contributed by atoms with Gasteiger partial charge in [0.2, 0.25) is 6.29 Å². The fourth-order valence-electron chi connectivity index (χ4n) is 3.62. The maximum absolute atomic E-state index is 12.1. The van der Waals surface area contributed by atoms with Gasteiger partial charge in [0.25, 0.3) is 0 Å². The summed E-state index contributed by atoms with van der Waals surface area (Å²) in [6.07, 6.45) is 1.24. The summed E-state index contributed by atoms with van der Waals surface area (Å²) >= 11 is 0.